The van der Waals surface area contributed by atoms with Gasteiger partial charge in [0.25, 0.3) is 0 Å². The van der Waals surface area contributed by atoms with E-state index >= 15 is 0 Å². The van der Waals surface area contributed by atoms with Crippen molar-refractivity contribution in [2.24, 2.45) is 0 Å². The molecule has 1 aliphatic rings. The van der Waals surface area contributed by atoms with Crippen LogP contribution in [0.3, 0.4) is 0 Å². The van der Waals surface area contributed by atoms with Gasteiger partial charge in [0.15, 0.2) is 0 Å². The lowest BCUT2D eigenvalue weighted by Crippen LogP contribution is -2.37. The zero-order valence-electron chi connectivity index (χ0n) is 16.8. The number of benzene rings is 1. The van der Waals surface area contributed by atoms with Crippen molar-refractivity contribution in [3.63, 3.8) is 0 Å². The number of rotatable bonds is 8. The Morgan fingerprint density at radius 1 is 1.20 bits per heavy atom. The summed E-state index contributed by atoms with van der Waals surface area (Å²) in [4.78, 5) is 19.9. The highest BCUT2D eigenvalue weighted by atomic mass is 32.1. The van der Waals surface area contributed by atoms with Crippen LogP contribution in [0.4, 0.5) is 5.69 Å². The van der Waals surface area contributed by atoms with Crippen LogP contribution in [0.15, 0.2) is 46.3 Å². The summed E-state index contributed by atoms with van der Waals surface area (Å²) < 4.78 is 5.24. The molecule has 4 rings (SSSR count). The second kappa shape index (κ2) is 9.97. The Hall–Kier alpha value is -2.55. The number of piperidine rings is 1. The van der Waals surface area contributed by atoms with Crippen molar-refractivity contribution in [1.82, 2.24) is 15.0 Å². The molecule has 0 saturated carbocycles. The fraction of sp³-hybridized carbons (Fsp3) is 0.409. The lowest BCUT2D eigenvalue weighted by Gasteiger charge is -2.29. The Balaban J connectivity index is 1.20. The molecule has 8 heteroatoms. The van der Waals surface area contributed by atoms with Crippen LogP contribution in [0, 0.1) is 0 Å². The molecule has 0 radical (unpaired) electrons. The minimum absolute atomic E-state index is 0.0782. The predicted molar refractivity (Wildman–Crippen MR) is 116 cm³/mol. The largest absolute Gasteiger partial charge is 0.393 e. The van der Waals surface area contributed by atoms with Crippen LogP contribution in [-0.2, 0) is 17.6 Å². The number of anilines is 1. The molecule has 1 aliphatic heterocycles. The lowest BCUT2D eigenvalue weighted by atomic mass is 10.1. The number of carbonyl (C=O) groups excluding carboxylic acids is 1. The molecule has 3 aromatic rings. The van der Waals surface area contributed by atoms with Crippen LogP contribution in [0.1, 0.15) is 30.7 Å². The van der Waals surface area contributed by atoms with E-state index in [2.05, 4.69) is 32.5 Å². The zero-order chi connectivity index (χ0) is 20.8. The van der Waals surface area contributed by atoms with Crippen molar-refractivity contribution < 1.29 is 14.4 Å². The molecule has 3 heterocycles. The van der Waals surface area contributed by atoms with Gasteiger partial charge in [0, 0.05) is 38.2 Å². The summed E-state index contributed by atoms with van der Waals surface area (Å²) in [5, 5.41) is 18.4. The van der Waals surface area contributed by atoms with Gasteiger partial charge in [-0.05, 0) is 48.4 Å². The Labute approximate surface area is 179 Å². The summed E-state index contributed by atoms with van der Waals surface area (Å²) in [6.45, 7) is 2.92. The molecule has 0 bridgehead atoms. The Morgan fingerprint density at radius 2 is 2.00 bits per heavy atom. The molecule has 1 fully saturated rings. The van der Waals surface area contributed by atoms with E-state index in [1.807, 2.05) is 29.6 Å². The maximum Gasteiger partial charge on any atom is 0.227 e. The number of thiophene rings is 1. The van der Waals surface area contributed by atoms with E-state index in [-0.39, 0.29) is 18.4 Å². The van der Waals surface area contributed by atoms with Crippen molar-refractivity contribution in [3.8, 4) is 10.7 Å². The fourth-order valence-corrected chi connectivity index (χ4v) is 4.14. The van der Waals surface area contributed by atoms with Crippen molar-refractivity contribution in [1.29, 1.82) is 0 Å². The SMILES string of the molecule is O=C(CCc1nc(-c2cccs2)no1)Nc1ccc(CCN2CCC(O)CC2)cc1. The van der Waals surface area contributed by atoms with Gasteiger partial charge in [-0.3, -0.25) is 4.79 Å². The van der Waals surface area contributed by atoms with Gasteiger partial charge in [0.2, 0.25) is 17.6 Å². The van der Waals surface area contributed by atoms with E-state index in [9.17, 15) is 9.90 Å². The molecule has 2 N–H and O–H groups in total. The summed E-state index contributed by atoms with van der Waals surface area (Å²) in [5.74, 6) is 0.955. The highest BCUT2D eigenvalue weighted by Gasteiger charge is 2.16. The summed E-state index contributed by atoms with van der Waals surface area (Å²) in [6, 6.07) is 11.9. The first kappa shape index (κ1) is 20.7. The third kappa shape index (κ3) is 5.75. The number of nitrogens with zero attached hydrogens (tertiary/aromatic N) is 3. The van der Waals surface area contributed by atoms with Crippen molar-refractivity contribution in [3.05, 3.63) is 53.2 Å². The zero-order valence-corrected chi connectivity index (χ0v) is 17.6. The first-order chi connectivity index (χ1) is 14.7. The van der Waals surface area contributed by atoms with E-state index in [1.165, 1.54) is 5.56 Å². The second-order valence-corrected chi connectivity index (χ2v) is 8.50. The van der Waals surface area contributed by atoms with Crippen LogP contribution in [0.25, 0.3) is 10.7 Å². The van der Waals surface area contributed by atoms with E-state index in [1.54, 1.807) is 11.3 Å². The van der Waals surface area contributed by atoms with Gasteiger partial charge in [-0.2, -0.15) is 4.98 Å². The normalized spacial score (nSPS) is 15.4. The molecular formula is C22H26N4O3S. The molecule has 158 valence electrons. The van der Waals surface area contributed by atoms with Crippen LogP contribution in [-0.4, -0.2) is 51.8 Å². The first-order valence-corrected chi connectivity index (χ1v) is 11.2. The van der Waals surface area contributed by atoms with Crippen LogP contribution < -0.4 is 5.32 Å². The minimum atomic E-state index is -0.132. The monoisotopic (exact) mass is 426 g/mol. The molecule has 0 atom stereocenters. The number of aromatic nitrogens is 2. The number of aliphatic hydroxyl groups excluding tert-OH is 1. The van der Waals surface area contributed by atoms with Gasteiger partial charge < -0.3 is 19.8 Å². The van der Waals surface area contributed by atoms with Gasteiger partial charge in [0.1, 0.15) is 0 Å². The third-order valence-corrected chi connectivity index (χ3v) is 6.15. The molecule has 7 nitrogen and oxygen atoms in total. The van der Waals surface area contributed by atoms with Crippen molar-refractivity contribution in [2.75, 3.05) is 25.0 Å². The number of nitrogens with one attached hydrogen (secondary N) is 1. The first-order valence-electron chi connectivity index (χ1n) is 10.3. The molecule has 2 aromatic heterocycles. The third-order valence-electron chi connectivity index (χ3n) is 5.29. The fourth-order valence-electron chi connectivity index (χ4n) is 3.49. The second-order valence-electron chi connectivity index (χ2n) is 7.56. The lowest BCUT2D eigenvalue weighted by molar-refractivity contribution is -0.116. The van der Waals surface area contributed by atoms with Crippen molar-refractivity contribution >= 4 is 22.9 Å². The molecule has 1 saturated heterocycles. The number of hydrogen-bond acceptors (Lipinski definition) is 7. The molecule has 0 spiro atoms. The van der Waals surface area contributed by atoms with E-state index in [4.69, 9.17) is 4.52 Å². The number of carbonyl (C=O) groups is 1. The van der Waals surface area contributed by atoms with Crippen LogP contribution >= 0.6 is 11.3 Å². The number of aryl methyl sites for hydroxylation is 1. The molecule has 1 aromatic carbocycles. The van der Waals surface area contributed by atoms with Gasteiger partial charge in [-0.25, -0.2) is 0 Å². The van der Waals surface area contributed by atoms with Crippen LogP contribution in [0.2, 0.25) is 0 Å². The minimum Gasteiger partial charge on any atom is -0.393 e. The average Bonchev–Trinajstić information content (AvgIpc) is 3.45. The van der Waals surface area contributed by atoms with Gasteiger partial charge >= 0.3 is 0 Å². The van der Waals surface area contributed by atoms with Gasteiger partial charge in [-0.15, -0.1) is 11.3 Å². The maximum absolute atomic E-state index is 12.2. The number of hydrogen-bond donors (Lipinski definition) is 2. The summed E-state index contributed by atoms with van der Waals surface area (Å²) in [5.41, 5.74) is 2.03. The molecule has 0 unspecified atom stereocenters. The average molecular weight is 427 g/mol. The van der Waals surface area contributed by atoms with E-state index in [0.717, 1.165) is 49.5 Å². The smallest absolute Gasteiger partial charge is 0.227 e. The number of likely N-dealkylation sites (tertiary alicyclic amines) is 1. The standard InChI is InChI=1S/C22H26N4O3S/c27-18-10-13-26(14-11-18)12-9-16-3-5-17(6-4-16)23-20(28)7-8-21-24-22(25-29-21)19-2-1-15-30-19/h1-6,15,18,27H,7-14H2,(H,23,28). The molecule has 1 amide bonds. The summed E-state index contributed by atoms with van der Waals surface area (Å²) >= 11 is 1.55. The van der Waals surface area contributed by atoms with E-state index < -0.39 is 0 Å². The molecule has 30 heavy (non-hydrogen) atoms. The Bertz CT molecular complexity index is 932. The van der Waals surface area contributed by atoms with Gasteiger partial charge in [0.05, 0.1) is 11.0 Å². The summed E-state index contributed by atoms with van der Waals surface area (Å²) in [7, 11) is 0. The van der Waals surface area contributed by atoms with E-state index in [0.29, 0.717) is 18.1 Å². The van der Waals surface area contributed by atoms with Gasteiger partial charge in [-0.1, -0.05) is 23.4 Å². The van der Waals surface area contributed by atoms with Crippen LogP contribution in [0.5, 0.6) is 0 Å². The number of aliphatic hydroxyl groups is 1. The highest BCUT2D eigenvalue weighted by Crippen LogP contribution is 2.21. The van der Waals surface area contributed by atoms with Crippen molar-refractivity contribution in [2.45, 2.75) is 38.2 Å². The Morgan fingerprint density at radius 3 is 2.73 bits per heavy atom. The quantitative estimate of drug-likeness (QED) is 0.574. The summed E-state index contributed by atoms with van der Waals surface area (Å²) in [6.07, 6.45) is 3.26. The molecular weight excluding hydrogens is 400 g/mol. The highest BCUT2D eigenvalue weighted by molar-refractivity contribution is 7.13. The molecule has 0 aliphatic carbocycles. The number of amides is 1. The Kier molecular flexibility index (Phi) is 6.88. The topological polar surface area (TPSA) is 91.5 Å². The predicted octanol–water partition coefficient (Wildman–Crippen LogP) is 3.37. The maximum atomic E-state index is 12.2.